The van der Waals surface area contributed by atoms with Crippen molar-refractivity contribution < 1.29 is 14.3 Å². The molecule has 1 unspecified atom stereocenters. The van der Waals surface area contributed by atoms with Crippen molar-refractivity contribution in [1.82, 2.24) is 4.90 Å². The van der Waals surface area contributed by atoms with Gasteiger partial charge in [-0.1, -0.05) is 11.6 Å². The van der Waals surface area contributed by atoms with E-state index in [9.17, 15) is 4.79 Å². The van der Waals surface area contributed by atoms with Gasteiger partial charge in [0.05, 0.1) is 11.4 Å². The van der Waals surface area contributed by atoms with Crippen LogP contribution in [0.2, 0.25) is 5.02 Å². The average molecular weight is 311 g/mol. The van der Waals surface area contributed by atoms with E-state index in [2.05, 4.69) is 0 Å². The maximum absolute atomic E-state index is 12.3. The van der Waals surface area contributed by atoms with Gasteiger partial charge in [0.2, 0.25) is 5.91 Å². The molecule has 2 N–H and O–H groups in total. The topological polar surface area (TPSA) is 64.8 Å². The van der Waals surface area contributed by atoms with Gasteiger partial charge in [0.25, 0.3) is 0 Å². The van der Waals surface area contributed by atoms with Crippen LogP contribution >= 0.6 is 11.6 Å². The maximum Gasteiger partial charge on any atom is 0.227 e. The fraction of sp³-hybridized carbons (Fsp3) is 0.533. The Hall–Kier alpha value is -1.46. The van der Waals surface area contributed by atoms with Crippen LogP contribution in [0.1, 0.15) is 18.4 Å². The largest absolute Gasteiger partial charge is 0.486 e. The summed E-state index contributed by atoms with van der Waals surface area (Å²) in [6, 6.07) is 3.70. The minimum Gasteiger partial charge on any atom is -0.486 e. The van der Waals surface area contributed by atoms with E-state index in [1.54, 1.807) is 6.07 Å². The summed E-state index contributed by atoms with van der Waals surface area (Å²) in [6.07, 6.45) is 2.26. The zero-order chi connectivity index (χ0) is 14.8. The standard InChI is InChI=1S/C15H19ClN2O3/c16-12-6-10(7-13-15(12)21-5-4-20-13)8-14(19)18-3-1-2-11(17)9-18/h6-7,11H,1-5,8-9,17H2. The monoisotopic (exact) mass is 310 g/mol. The zero-order valence-electron chi connectivity index (χ0n) is 11.8. The summed E-state index contributed by atoms with van der Waals surface area (Å²) in [5.74, 6) is 1.27. The first-order valence-electron chi connectivity index (χ1n) is 7.25. The smallest absolute Gasteiger partial charge is 0.227 e. The first-order valence-corrected chi connectivity index (χ1v) is 7.62. The lowest BCUT2D eigenvalue weighted by Crippen LogP contribution is -2.46. The zero-order valence-corrected chi connectivity index (χ0v) is 12.6. The highest BCUT2D eigenvalue weighted by Crippen LogP contribution is 2.38. The van der Waals surface area contributed by atoms with Crippen LogP contribution in [0.3, 0.4) is 0 Å². The van der Waals surface area contributed by atoms with Gasteiger partial charge in [-0.15, -0.1) is 0 Å². The molecule has 1 amide bonds. The van der Waals surface area contributed by atoms with E-state index in [0.29, 0.717) is 42.7 Å². The summed E-state index contributed by atoms with van der Waals surface area (Å²) in [4.78, 5) is 14.2. The van der Waals surface area contributed by atoms with Crippen LogP contribution in [0.5, 0.6) is 11.5 Å². The number of piperidine rings is 1. The quantitative estimate of drug-likeness (QED) is 0.901. The van der Waals surface area contributed by atoms with Crippen LogP contribution < -0.4 is 15.2 Å². The molecule has 0 spiro atoms. The van der Waals surface area contributed by atoms with Gasteiger partial charge in [0.1, 0.15) is 13.2 Å². The molecule has 21 heavy (non-hydrogen) atoms. The van der Waals surface area contributed by atoms with Crippen LogP contribution in [-0.2, 0) is 11.2 Å². The predicted molar refractivity (Wildman–Crippen MR) is 79.9 cm³/mol. The molecule has 0 bridgehead atoms. The summed E-state index contributed by atoms with van der Waals surface area (Å²) in [7, 11) is 0. The number of nitrogens with zero attached hydrogens (tertiary/aromatic N) is 1. The molecule has 0 saturated carbocycles. The van der Waals surface area contributed by atoms with Gasteiger partial charge in [-0.3, -0.25) is 4.79 Å². The summed E-state index contributed by atoms with van der Waals surface area (Å²) in [6.45, 7) is 2.42. The molecule has 1 atom stereocenters. The Morgan fingerprint density at radius 3 is 3.00 bits per heavy atom. The molecule has 0 aliphatic carbocycles. The Morgan fingerprint density at radius 2 is 2.19 bits per heavy atom. The van der Waals surface area contributed by atoms with Crippen molar-refractivity contribution in [3.63, 3.8) is 0 Å². The van der Waals surface area contributed by atoms with E-state index >= 15 is 0 Å². The molecule has 0 radical (unpaired) electrons. The molecule has 1 fully saturated rings. The van der Waals surface area contributed by atoms with E-state index in [1.807, 2.05) is 11.0 Å². The van der Waals surface area contributed by atoms with Crippen LogP contribution in [-0.4, -0.2) is 43.2 Å². The molecule has 2 heterocycles. The lowest BCUT2D eigenvalue weighted by atomic mass is 10.0. The second-order valence-corrected chi connectivity index (χ2v) is 5.93. The highest BCUT2D eigenvalue weighted by molar-refractivity contribution is 6.32. The summed E-state index contributed by atoms with van der Waals surface area (Å²) >= 11 is 6.19. The summed E-state index contributed by atoms with van der Waals surface area (Å²) in [5, 5.41) is 0.491. The number of hydrogen-bond donors (Lipinski definition) is 1. The Morgan fingerprint density at radius 1 is 1.38 bits per heavy atom. The number of rotatable bonds is 2. The summed E-state index contributed by atoms with van der Waals surface area (Å²) < 4.78 is 11.0. The van der Waals surface area contributed by atoms with E-state index in [-0.39, 0.29) is 11.9 Å². The number of ether oxygens (including phenoxy) is 2. The third-order valence-electron chi connectivity index (χ3n) is 3.82. The molecule has 1 saturated heterocycles. The van der Waals surface area contributed by atoms with Crippen LogP contribution in [0.4, 0.5) is 0 Å². The van der Waals surface area contributed by atoms with Crippen molar-refractivity contribution in [1.29, 1.82) is 0 Å². The van der Waals surface area contributed by atoms with Gasteiger partial charge in [-0.05, 0) is 30.5 Å². The molecule has 2 aliphatic heterocycles. The van der Waals surface area contributed by atoms with Crippen molar-refractivity contribution in [2.24, 2.45) is 5.73 Å². The third-order valence-corrected chi connectivity index (χ3v) is 4.10. The first kappa shape index (κ1) is 14.5. The number of amides is 1. The van der Waals surface area contributed by atoms with Gasteiger partial charge < -0.3 is 20.1 Å². The molecule has 5 nitrogen and oxygen atoms in total. The fourth-order valence-corrected chi connectivity index (χ4v) is 3.08. The van der Waals surface area contributed by atoms with Gasteiger partial charge in [-0.25, -0.2) is 0 Å². The number of halogens is 1. The highest BCUT2D eigenvalue weighted by atomic mass is 35.5. The highest BCUT2D eigenvalue weighted by Gasteiger charge is 2.23. The molecule has 2 aliphatic rings. The Labute approximate surface area is 128 Å². The lowest BCUT2D eigenvalue weighted by Gasteiger charge is -2.31. The molecule has 0 aromatic heterocycles. The van der Waals surface area contributed by atoms with E-state index < -0.39 is 0 Å². The Bertz CT molecular complexity index is 550. The molecule has 1 aromatic carbocycles. The number of fused-ring (bicyclic) bond motifs is 1. The maximum atomic E-state index is 12.3. The van der Waals surface area contributed by atoms with E-state index in [1.165, 1.54) is 0 Å². The fourth-order valence-electron chi connectivity index (χ4n) is 2.79. The van der Waals surface area contributed by atoms with E-state index in [0.717, 1.165) is 24.9 Å². The minimum atomic E-state index is 0.0814. The van der Waals surface area contributed by atoms with Crippen LogP contribution in [0, 0.1) is 0 Å². The Kier molecular flexibility index (Phi) is 4.22. The van der Waals surface area contributed by atoms with Gasteiger partial charge in [-0.2, -0.15) is 0 Å². The second-order valence-electron chi connectivity index (χ2n) is 5.52. The molecule has 114 valence electrons. The third kappa shape index (κ3) is 3.24. The number of likely N-dealkylation sites (tertiary alicyclic amines) is 1. The number of carbonyl (C=O) groups excluding carboxylic acids is 1. The molecular formula is C15H19ClN2O3. The van der Waals surface area contributed by atoms with Crippen molar-refractivity contribution in [2.75, 3.05) is 26.3 Å². The number of nitrogens with two attached hydrogens (primary N) is 1. The van der Waals surface area contributed by atoms with Gasteiger partial charge in [0, 0.05) is 19.1 Å². The van der Waals surface area contributed by atoms with Crippen LogP contribution in [0.25, 0.3) is 0 Å². The lowest BCUT2D eigenvalue weighted by molar-refractivity contribution is -0.131. The van der Waals surface area contributed by atoms with Crippen molar-refractivity contribution in [3.8, 4) is 11.5 Å². The SMILES string of the molecule is NC1CCCN(C(=O)Cc2cc(Cl)c3c(c2)OCCO3)C1. The van der Waals surface area contributed by atoms with Gasteiger partial charge in [0.15, 0.2) is 11.5 Å². The van der Waals surface area contributed by atoms with Crippen molar-refractivity contribution >= 4 is 17.5 Å². The number of hydrogen-bond acceptors (Lipinski definition) is 4. The summed E-state index contributed by atoms with van der Waals surface area (Å²) in [5.41, 5.74) is 6.76. The normalized spacial score (nSPS) is 21.2. The van der Waals surface area contributed by atoms with Crippen molar-refractivity contribution in [2.45, 2.75) is 25.3 Å². The van der Waals surface area contributed by atoms with E-state index in [4.69, 9.17) is 26.8 Å². The second kappa shape index (κ2) is 6.12. The van der Waals surface area contributed by atoms with Crippen molar-refractivity contribution in [3.05, 3.63) is 22.7 Å². The molecular weight excluding hydrogens is 292 g/mol. The van der Waals surface area contributed by atoms with Gasteiger partial charge >= 0.3 is 0 Å². The number of benzene rings is 1. The predicted octanol–water partition coefficient (Wildman–Crippen LogP) is 1.60. The molecule has 1 aromatic rings. The Balaban J connectivity index is 1.72. The molecule has 6 heteroatoms. The first-order chi connectivity index (χ1) is 10.1. The number of carbonyl (C=O) groups is 1. The average Bonchev–Trinajstić information content (AvgIpc) is 2.47. The van der Waals surface area contributed by atoms with Crippen LogP contribution in [0.15, 0.2) is 12.1 Å². The minimum absolute atomic E-state index is 0.0814. The molecule has 3 rings (SSSR count).